The van der Waals surface area contributed by atoms with E-state index in [0.29, 0.717) is 0 Å². The largest absolute Gasteiger partial charge is 0.418 e. The lowest BCUT2D eigenvalue weighted by Gasteiger charge is -2.21. The number of amides is 1. The first-order chi connectivity index (χ1) is 12.9. The summed E-state index contributed by atoms with van der Waals surface area (Å²) < 4.78 is 90.7. The number of alkyl halides is 6. The number of pyridine rings is 1. The van der Waals surface area contributed by atoms with Crippen molar-refractivity contribution in [2.45, 2.75) is 18.8 Å². The number of nitrogens with zero attached hydrogens (tertiary/aromatic N) is 2. The van der Waals surface area contributed by atoms with Gasteiger partial charge in [-0.05, 0) is 30.3 Å². The molecular weight excluding hydrogens is 393 g/mol. The lowest BCUT2D eigenvalue weighted by molar-refractivity contribution is -0.143. The summed E-state index contributed by atoms with van der Waals surface area (Å²) in [6.07, 6.45) is -5.76. The third-order valence-corrected chi connectivity index (χ3v) is 3.61. The zero-order valence-corrected chi connectivity index (χ0v) is 13.9. The zero-order valence-electron chi connectivity index (χ0n) is 13.9. The predicted octanol–water partition coefficient (Wildman–Crippen LogP) is 4.47. The Labute approximate surface area is 154 Å². The molecule has 3 nitrogen and oxygen atoms in total. The van der Waals surface area contributed by atoms with E-state index in [2.05, 4.69) is 10.9 Å². The Kier molecular flexibility index (Phi) is 5.97. The van der Waals surface area contributed by atoms with Crippen molar-refractivity contribution in [2.75, 3.05) is 11.4 Å². The van der Waals surface area contributed by atoms with E-state index in [-0.39, 0.29) is 24.5 Å². The highest BCUT2D eigenvalue weighted by atomic mass is 19.4. The van der Waals surface area contributed by atoms with Crippen LogP contribution in [0, 0.1) is 18.2 Å². The standard InChI is InChI=1S/C18H11F7N2O/c1-2-7-27(13-5-3-12(19)4-6-13)16(28)9-15-14(18(23,24)25)8-11(10-26-15)17(20,21)22/h1,3-6,8,10H,7,9H2. The summed E-state index contributed by atoms with van der Waals surface area (Å²) in [5.74, 6) is 0.589. The van der Waals surface area contributed by atoms with Gasteiger partial charge in [-0.15, -0.1) is 6.42 Å². The molecule has 1 amide bonds. The molecule has 0 radical (unpaired) electrons. The molecule has 10 heteroatoms. The van der Waals surface area contributed by atoms with E-state index >= 15 is 0 Å². The van der Waals surface area contributed by atoms with E-state index in [1.165, 1.54) is 12.1 Å². The average Bonchev–Trinajstić information content (AvgIpc) is 2.59. The summed E-state index contributed by atoms with van der Waals surface area (Å²) in [7, 11) is 0. The van der Waals surface area contributed by atoms with Crippen molar-refractivity contribution >= 4 is 11.6 Å². The smallest absolute Gasteiger partial charge is 0.300 e. The van der Waals surface area contributed by atoms with E-state index in [1.807, 2.05) is 0 Å². The molecule has 0 N–H and O–H groups in total. The molecule has 1 aromatic heterocycles. The minimum Gasteiger partial charge on any atom is -0.300 e. The van der Waals surface area contributed by atoms with Crippen molar-refractivity contribution in [2.24, 2.45) is 0 Å². The third-order valence-electron chi connectivity index (χ3n) is 3.61. The summed E-state index contributed by atoms with van der Waals surface area (Å²) in [5, 5.41) is 0. The molecule has 148 valence electrons. The van der Waals surface area contributed by atoms with Crippen molar-refractivity contribution in [1.29, 1.82) is 0 Å². The molecular formula is C18H11F7N2O. The average molecular weight is 404 g/mol. The van der Waals surface area contributed by atoms with Crippen LogP contribution < -0.4 is 4.90 Å². The first-order valence-corrected chi connectivity index (χ1v) is 7.56. The molecule has 0 bridgehead atoms. The first-order valence-electron chi connectivity index (χ1n) is 7.56. The molecule has 0 unspecified atom stereocenters. The zero-order chi connectivity index (χ0) is 21.1. The van der Waals surface area contributed by atoms with Crippen LogP contribution in [0.3, 0.4) is 0 Å². The summed E-state index contributed by atoms with van der Waals surface area (Å²) >= 11 is 0. The molecule has 1 heterocycles. The van der Waals surface area contributed by atoms with E-state index in [0.717, 1.165) is 17.0 Å². The van der Waals surface area contributed by atoms with Crippen LogP contribution in [0.25, 0.3) is 0 Å². The summed E-state index contributed by atoms with van der Waals surface area (Å²) in [5.41, 5.74) is -4.02. The van der Waals surface area contributed by atoms with Crippen molar-refractivity contribution in [3.05, 3.63) is 59.2 Å². The SMILES string of the molecule is C#CCN(C(=O)Cc1ncc(C(F)(F)F)cc1C(F)(F)F)c1ccc(F)cc1. The Bertz CT molecular complexity index is 896. The number of anilines is 1. The molecule has 0 spiro atoms. The van der Waals surface area contributed by atoms with Crippen molar-refractivity contribution in [1.82, 2.24) is 4.98 Å². The number of hydrogen-bond acceptors (Lipinski definition) is 2. The Morgan fingerprint density at radius 1 is 1.07 bits per heavy atom. The van der Waals surface area contributed by atoms with Crippen LogP contribution in [0.1, 0.15) is 16.8 Å². The van der Waals surface area contributed by atoms with E-state index < -0.39 is 47.3 Å². The number of aromatic nitrogens is 1. The van der Waals surface area contributed by atoms with Gasteiger partial charge in [0.1, 0.15) is 5.82 Å². The quantitative estimate of drug-likeness (QED) is 0.557. The fourth-order valence-corrected chi connectivity index (χ4v) is 2.31. The molecule has 0 aliphatic heterocycles. The minimum atomic E-state index is -5.16. The fraction of sp³-hybridized carbons (Fsp3) is 0.222. The number of carbonyl (C=O) groups is 1. The molecule has 0 fully saturated rings. The number of hydrogen-bond donors (Lipinski definition) is 0. The van der Waals surface area contributed by atoms with Crippen LogP contribution in [0.15, 0.2) is 36.5 Å². The molecule has 28 heavy (non-hydrogen) atoms. The molecule has 0 aliphatic carbocycles. The van der Waals surface area contributed by atoms with Gasteiger partial charge in [0.25, 0.3) is 0 Å². The third kappa shape index (κ3) is 5.00. The summed E-state index contributed by atoms with van der Waals surface area (Å²) in [6, 6.07) is 4.32. The van der Waals surface area contributed by atoms with Crippen molar-refractivity contribution in [3.8, 4) is 12.3 Å². The molecule has 2 rings (SSSR count). The van der Waals surface area contributed by atoms with Crippen molar-refractivity contribution in [3.63, 3.8) is 0 Å². The van der Waals surface area contributed by atoms with Crippen LogP contribution in [0.5, 0.6) is 0 Å². The van der Waals surface area contributed by atoms with Gasteiger partial charge in [0, 0.05) is 11.9 Å². The van der Waals surface area contributed by atoms with E-state index in [9.17, 15) is 35.5 Å². The van der Waals surface area contributed by atoms with Gasteiger partial charge in [-0.3, -0.25) is 9.78 Å². The van der Waals surface area contributed by atoms with Crippen LogP contribution in [-0.4, -0.2) is 17.4 Å². The Morgan fingerprint density at radius 2 is 1.68 bits per heavy atom. The Morgan fingerprint density at radius 3 is 2.18 bits per heavy atom. The second-order valence-electron chi connectivity index (χ2n) is 5.55. The molecule has 0 saturated carbocycles. The Hall–Kier alpha value is -3.09. The lowest BCUT2D eigenvalue weighted by atomic mass is 10.1. The van der Waals surface area contributed by atoms with Crippen molar-refractivity contribution < 1.29 is 35.5 Å². The van der Waals surface area contributed by atoms with Gasteiger partial charge in [0.05, 0.1) is 29.8 Å². The number of carbonyl (C=O) groups excluding carboxylic acids is 1. The maximum Gasteiger partial charge on any atom is 0.418 e. The van der Waals surface area contributed by atoms with Gasteiger partial charge in [0.15, 0.2) is 0 Å². The number of halogens is 7. The first kappa shape index (κ1) is 21.2. The van der Waals surface area contributed by atoms with Gasteiger partial charge >= 0.3 is 12.4 Å². The summed E-state index contributed by atoms with van der Waals surface area (Å²) in [4.78, 5) is 16.6. The number of benzene rings is 1. The maximum atomic E-state index is 13.2. The van der Waals surface area contributed by atoms with Gasteiger partial charge in [-0.25, -0.2) is 4.39 Å². The molecule has 0 aliphatic rings. The number of terminal acetylenes is 1. The number of rotatable bonds is 4. The molecule has 2 aromatic rings. The van der Waals surface area contributed by atoms with Crippen LogP contribution in [-0.2, 0) is 23.6 Å². The highest BCUT2D eigenvalue weighted by Crippen LogP contribution is 2.36. The van der Waals surface area contributed by atoms with Crippen LogP contribution in [0.4, 0.5) is 36.4 Å². The van der Waals surface area contributed by atoms with Gasteiger partial charge in [-0.1, -0.05) is 5.92 Å². The summed E-state index contributed by atoms with van der Waals surface area (Å²) in [6.45, 7) is -0.341. The fourth-order valence-electron chi connectivity index (χ4n) is 2.31. The normalized spacial score (nSPS) is 11.8. The van der Waals surface area contributed by atoms with Gasteiger partial charge in [0.2, 0.25) is 5.91 Å². The minimum absolute atomic E-state index is 0.0982. The van der Waals surface area contributed by atoms with Gasteiger partial charge < -0.3 is 4.90 Å². The van der Waals surface area contributed by atoms with Crippen LogP contribution >= 0.6 is 0 Å². The second kappa shape index (κ2) is 7.88. The monoisotopic (exact) mass is 404 g/mol. The van der Waals surface area contributed by atoms with Crippen LogP contribution in [0.2, 0.25) is 0 Å². The second-order valence-corrected chi connectivity index (χ2v) is 5.55. The molecule has 0 atom stereocenters. The topological polar surface area (TPSA) is 33.2 Å². The maximum absolute atomic E-state index is 13.2. The Balaban J connectivity index is 2.40. The predicted molar refractivity (Wildman–Crippen MR) is 85.5 cm³/mol. The highest BCUT2D eigenvalue weighted by Gasteiger charge is 2.39. The molecule has 0 saturated heterocycles. The lowest BCUT2D eigenvalue weighted by Crippen LogP contribution is -2.33. The highest BCUT2D eigenvalue weighted by molar-refractivity contribution is 5.95. The van der Waals surface area contributed by atoms with E-state index in [4.69, 9.17) is 6.42 Å². The van der Waals surface area contributed by atoms with Gasteiger partial charge in [-0.2, -0.15) is 26.3 Å². The van der Waals surface area contributed by atoms with E-state index in [1.54, 1.807) is 0 Å². The molecule has 1 aromatic carbocycles.